The third kappa shape index (κ3) is 4.46. The second kappa shape index (κ2) is 8.13. The molecule has 9 nitrogen and oxygen atoms in total. The standard InChI is InChI=1S/C16H21N5O4/c1-5-17-15(22)24-11-7-8-12(14-20-19-10(3)21(14)4)13(9-11)25-16(23)18-6-2/h7-9H,5-6H2,1-4H3,(H,17,22)(H,18,23). The van der Waals surface area contributed by atoms with E-state index in [4.69, 9.17) is 9.47 Å². The maximum atomic E-state index is 11.8. The Morgan fingerprint density at radius 2 is 1.72 bits per heavy atom. The first-order chi connectivity index (χ1) is 12.0. The van der Waals surface area contributed by atoms with Crippen LogP contribution in [-0.4, -0.2) is 40.0 Å². The number of hydrogen-bond donors (Lipinski definition) is 2. The topological polar surface area (TPSA) is 107 Å². The van der Waals surface area contributed by atoms with Gasteiger partial charge in [0, 0.05) is 26.2 Å². The van der Waals surface area contributed by atoms with Gasteiger partial charge in [-0.3, -0.25) is 0 Å². The van der Waals surface area contributed by atoms with Crippen LogP contribution in [0.2, 0.25) is 0 Å². The highest BCUT2D eigenvalue weighted by atomic mass is 16.6. The summed E-state index contributed by atoms with van der Waals surface area (Å²) in [6.07, 6.45) is -1.20. The van der Waals surface area contributed by atoms with Crippen molar-refractivity contribution in [1.29, 1.82) is 0 Å². The normalized spacial score (nSPS) is 10.2. The highest BCUT2D eigenvalue weighted by Crippen LogP contribution is 2.32. The molecule has 0 atom stereocenters. The molecule has 0 fully saturated rings. The number of aromatic nitrogens is 3. The van der Waals surface area contributed by atoms with Crippen molar-refractivity contribution >= 4 is 12.2 Å². The van der Waals surface area contributed by atoms with Crippen LogP contribution in [-0.2, 0) is 7.05 Å². The van der Waals surface area contributed by atoms with Crippen LogP contribution in [0.25, 0.3) is 11.4 Å². The van der Waals surface area contributed by atoms with E-state index in [-0.39, 0.29) is 11.5 Å². The molecule has 2 N–H and O–H groups in total. The van der Waals surface area contributed by atoms with Gasteiger partial charge in [-0.2, -0.15) is 0 Å². The molecule has 0 saturated heterocycles. The van der Waals surface area contributed by atoms with E-state index < -0.39 is 12.2 Å². The van der Waals surface area contributed by atoms with Crippen LogP contribution in [0, 0.1) is 6.92 Å². The van der Waals surface area contributed by atoms with Crippen LogP contribution in [0.15, 0.2) is 18.2 Å². The molecule has 0 unspecified atom stereocenters. The highest BCUT2D eigenvalue weighted by molar-refractivity contribution is 5.76. The van der Waals surface area contributed by atoms with Crippen LogP contribution in [0.5, 0.6) is 11.5 Å². The molecule has 0 aliphatic heterocycles. The summed E-state index contributed by atoms with van der Waals surface area (Å²) < 4.78 is 12.3. The van der Waals surface area contributed by atoms with Crippen LogP contribution in [0.4, 0.5) is 9.59 Å². The molecule has 134 valence electrons. The summed E-state index contributed by atoms with van der Waals surface area (Å²) >= 11 is 0. The van der Waals surface area contributed by atoms with E-state index in [0.717, 1.165) is 0 Å². The molecule has 0 bridgehead atoms. The summed E-state index contributed by atoms with van der Waals surface area (Å²) in [5, 5.41) is 13.2. The Labute approximate surface area is 145 Å². The first-order valence-electron chi connectivity index (χ1n) is 7.88. The van der Waals surface area contributed by atoms with Crippen molar-refractivity contribution in [3.63, 3.8) is 0 Å². The van der Waals surface area contributed by atoms with E-state index >= 15 is 0 Å². The smallest absolute Gasteiger partial charge is 0.410 e. The molecule has 9 heteroatoms. The zero-order valence-electron chi connectivity index (χ0n) is 14.6. The van der Waals surface area contributed by atoms with Crippen molar-refractivity contribution in [1.82, 2.24) is 25.4 Å². The molecule has 25 heavy (non-hydrogen) atoms. The zero-order chi connectivity index (χ0) is 18.4. The SMILES string of the molecule is CCNC(=O)Oc1ccc(-c2nnc(C)n2C)c(OC(=O)NCC)c1. The van der Waals surface area contributed by atoms with Crippen LogP contribution >= 0.6 is 0 Å². The molecule has 0 aliphatic carbocycles. The fourth-order valence-electron chi connectivity index (χ4n) is 2.04. The Bertz CT molecular complexity index is 772. The molecule has 2 aromatic rings. The minimum Gasteiger partial charge on any atom is -0.410 e. The summed E-state index contributed by atoms with van der Waals surface area (Å²) in [7, 11) is 1.81. The molecular weight excluding hydrogens is 326 g/mol. The fourth-order valence-corrected chi connectivity index (χ4v) is 2.04. The lowest BCUT2D eigenvalue weighted by atomic mass is 10.1. The third-order valence-electron chi connectivity index (χ3n) is 3.34. The molecule has 1 aromatic heterocycles. The van der Waals surface area contributed by atoms with E-state index in [1.165, 1.54) is 6.07 Å². The Morgan fingerprint density at radius 1 is 1.08 bits per heavy atom. The van der Waals surface area contributed by atoms with Crippen molar-refractivity contribution in [2.45, 2.75) is 20.8 Å². The number of carbonyl (C=O) groups excluding carboxylic acids is 2. The molecule has 2 amide bonds. The molecule has 0 radical (unpaired) electrons. The average Bonchev–Trinajstić information content (AvgIpc) is 2.88. The number of benzene rings is 1. The number of amides is 2. The van der Waals surface area contributed by atoms with Gasteiger partial charge in [0.15, 0.2) is 5.82 Å². The Hall–Kier alpha value is -3.10. The molecule has 0 saturated carbocycles. The van der Waals surface area contributed by atoms with Crippen molar-refractivity contribution in [2.24, 2.45) is 7.05 Å². The molecular formula is C16H21N5O4. The van der Waals surface area contributed by atoms with Gasteiger partial charge >= 0.3 is 12.2 Å². The van der Waals surface area contributed by atoms with Gasteiger partial charge in [0.05, 0.1) is 5.56 Å². The lowest BCUT2D eigenvalue weighted by Gasteiger charge is -2.12. The van der Waals surface area contributed by atoms with Crippen molar-refractivity contribution in [3.8, 4) is 22.9 Å². The van der Waals surface area contributed by atoms with E-state index in [2.05, 4.69) is 20.8 Å². The van der Waals surface area contributed by atoms with Crippen molar-refractivity contribution < 1.29 is 19.1 Å². The van der Waals surface area contributed by atoms with Gasteiger partial charge in [-0.1, -0.05) is 0 Å². The summed E-state index contributed by atoms with van der Waals surface area (Å²) in [6.45, 7) is 6.24. The van der Waals surface area contributed by atoms with Gasteiger partial charge < -0.3 is 24.7 Å². The van der Waals surface area contributed by atoms with Gasteiger partial charge in [0.25, 0.3) is 0 Å². The van der Waals surface area contributed by atoms with E-state index in [1.807, 2.05) is 6.92 Å². The molecule has 0 aliphatic rings. The number of aryl methyl sites for hydroxylation is 1. The number of nitrogens with one attached hydrogen (secondary N) is 2. The molecule has 1 aromatic carbocycles. The Kier molecular flexibility index (Phi) is 5.93. The summed E-state index contributed by atoms with van der Waals surface area (Å²) in [5.74, 6) is 1.69. The largest absolute Gasteiger partial charge is 0.412 e. The summed E-state index contributed by atoms with van der Waals surface area (Å²) in [6, 6.07) is 4.72. The zero-order valence-corrected chi connectivity index (χ0v) is 14.6. The third-order valence-corrected chi connectivity index (χ3v) is 3.34. The van der Waals surface area contributed by atoms with Gasteiger partial charge in [-0.05, 0) is 32.9 Å². The molecule has 1 heterocycles. The fraction of sp³-hybridized carbons (Fsp3) is 0.375. The van der Waals surface area contributed by atoms with Gasteiger partial charge in [-0.25, -0.2) is 9.59 Å². The minimum absolute atomic E-state index is 0.211. The van der Waals surface area contributed by atoms with Gasteiger partial charge in [0.1, 0.15) is 17.3 Å². The number of carbonyl (C=O) groups is 2. The van der Waals surface area contributed by atoms with E-state index in [1.54, 1.807) is 37.6 Å². The Balaban J connectivity index is 2.39. The monoisotopic (exact) mass is 347 g/mol. The first kappa shape index (κ1) is 18.2. The summed E-state index contributed by atoms with van der Waals surface area (Å²) in [5.41, 5.74) is 0.553. The maximum absolute atomic E-state index is 11.8. The van der Waals surface area contributed by atoms with Crippen molar-refractivity contribution in [2.75, 3.05) is 13.1 Å². The number of rotatable bonds is 5. The van der Waals surface area contributed by atoms with Crippen LogP contribution < -0.4 is 20.1 Å². The highest BCUT2D eigenvalue weighted by Gasteiger charge is 2.18. The predicted octanol–water partition coefficient (Wildman–Crippen LogP) is 2.01. The second-order valence-electron chi connectivity index (χ2n) is 5.13. The van der Waals surface area contributed by atoms with Gasteiger partial charge in [-0.15, -0.1) is 10.2 Å². The van der Waals surface area contributed by atoms with Crippen molar-refractivity contribution in [3.05, 3.63) is 24.0 Å². The first-order valence-corrected chi connectivity index (χ1v) is 7.88. The second-order valence-corrected chi connectivity index (χ2v) is 5.13. The van der Waals surface area contributed by atoms with E-state index in [0.29, 0.717) is 30.3 Å². The molecule has 0 spiro atoms. The van der Waals surface area contributed by atoms with Crippen LogP contribution in [0.3, 0.4) is 0 Å². The lowest BCUT2D eigenvalue weighted by molar-refractivity contribution is 0.199. The van der Waals surface area contributed by atoms with Crippen LogP contribution in [0.1, 0.15) is 19.7 Å². The minimum atomic E-state index is -0.613. The lowest BCUT2D eigenvalue weighted by Crippen LogP contribution is -2.27. The van der Waals surface area contributed by atoms with Gasteiger partial charge in [0.2, 0.25) is 0 Å². The maximum Gasteiger partial charge on any atom is 0.412 e. The quantitative estimate of drug-likeness (QED) is 0.857. The number of nitrogens with zero attached hydrogens (tertiary/aromatic N) is 3. The Morgan fingerprint density at radius 3 is 2.28 bits per heavy atom. The number of hydrogen-bond acceptors (Lipinski definition) is 6. The molecule has 2 rings (SSSR count). The number of ether oxygens (including phenoxy) is 2. The average molecular weight is 347 g/mol. The predicted molar refractivity (Wildman–Crippen MR) is 90.6 cm³/mol. The van der Waals surface area contributed by atoms with E-state index in [9.17, 15) is 9.59 Å². The summed E-state index contributed by atoms with van der Waals surface area (Å²) in [4.78, 5) is 23.4.